The SMILES string of the molecule is N#Cc1c(-c2cccc3c2CCC=C3)cccc1-c1cccc2ccccc12. The zero-order valence-corrected chi connectivity index (χ0v) is 15.5. The first-order chi connectivity index (χ1) is 13.9. The van der Waals surface area contributed by atoms with Crippen LogP contribution >= 0.6 is 0 Å². The third-order valence-corrected chi connectivity index (χ3v) is 5.62. The van der Waals surface area contributed by atoms with Gasteiger partial charge in [0.05, 0.1) is 5.56 Å². The molecule has 0 fully saturated rings. The molecule has 0 spiro atoms. The summed E-state index contributed by atoms with van der Waals surface area (Å²) in [6.45, 7) is 0. The van der Waals surface area contributed by atoms with Crippen molar-refractivity contribution in [3.8, 4) is 28.3 Å². The van der Waals surface area contributed by atoms with E-state index in [0.717, 1.165) is 35.1 Å². The Morgan fingerprint density at radius 2 is 1.36 bits per heavy atom. The minimum atomic E-state index is 0.752. The molecule has 0 aliphatic heterocycles. The summed E-state index contributed by atoms with van der Waals surface area (Å²) in [5.74, 6) is 0. The summed E-state index contributed by atoms with van der Waals surface area (Å²) in [5.41, 5.74) is 7.68. The molecular weight excluding hydrogens is 338 g/mol. The highest BCUT2D eigenvalue weighted by molar-refractivity contribution is 5.99. The number of hydrogen-bond donors (Lipinski definition) is 0. The average molecular weight is 357 g/mol. The maximum absolute atomic E-state index is 10.1. The van der Waals surface area contributed by atoms with Gasteiger partial charge in [-0.1, -0.05) is 91.0 Å². The molecule has 0 N–H and O–H groups in total. The van der Waals surface area contributed by atoms with Crippen molar-refractivity contribution < 1.29 is 0 Å². The number of rotatable bonds is 2. The largest absolute Gasteiger partial charge is 0.192 e. The van der Waals surface area contributed by atoms with E-state index >= 15 is 0 Å². The second-order valence-corrected chi connectivity index (χ2v) is 7.18. The molecule has 0 saturated heterocycles. The van der Waals surface area contributed by atoms with Crippen LogP contribution in [0.25, 0.3) is 39.1 Å². The van der Waals surface area contributed by atoms with Crippen molar-refractivity contribution in [3.63, 3.8) is 0 Å². The molecule has 5 rings (SSSR count). The molecule has 4 aromatic rings. The van der Waals surface area contributed by atoms with Crippen LogP contribution in [0.2, 0.25) is 0 Å². The van der Waals surface area contributed by atoms with E-state index in [2.05, 4.69) is 97.1 Å². The van der Waals surface area contributed by atoms with Gasteiger partial charge >= 0.3 is 0 Å². The molecule has 4 aromatic carbocycles. The predicted molar refractivity (Wildman–Crippen MR) is 117 cm³/mol. The number of allylic oxidation sites excluding steroid dienone is 1. The molecule has 0 amide bonds. The summed E-state index contributed by atoms with van der Waals surface area (Å²) in [4.78, 5) is 0. The topological polar surface area (TPSA) is 23.8 Å². The van der Waals surface area contributed by atoms with Gasteiger partial charge in [-0.3, -0.25) is 0 Å². The number of hydrogen-bond acceptors (Lipinski definition) is 1. The minimum Gasteiger partial charge on any atom is -0.192 e. The van der Waals surface area contributed by atoms with Gasteiger partial charge in [0.1, 0.15) is 6.07 Å². The van der Waals surface area contributed by atoms with Crippen LogP contribution in [-0.4, -0.2) is 0 Å². The van der Waals surface area contributed by atoms with Crippen molar-refractivity contribution >= 4 is 16.8 Å². The van der Waals surface area contributed by atoms with E-state index in [1.165, 1.54) is 27.5 Å². The Hall–Kier alpha value is -3.63. The second kappa shape index (κ2) is 6.83. The van der Waals surface area contributed by atoms with Crippen LogP contribution in [-0.2, 0) is 6.42 Å². The summed E-state index contributed by atoms with van der Waals surface area (Å²) >= 11 is 0. The zero-order chi connectivity index (χ0) is 18.9. The first kappa shape index (κ1) is 16.5. The van der Waals surface area contributed by atoms with Gasteiger partial charge in [-0.2, -0.15) is 5.26 Å². The first-order valence-corrected chi connectivity index (χ1v) is 9.67. The number of fused-ring (bicyclic) bond motifs is 2. The lowest BCUT2D eigenvalue weighted by molar-refractivity contribution is 0.988. The van der Waals surface area contributed by atoms with Crippen LogP contribution in [0.1, 0.15) is 23.1 Å². The van der Waals surface area contributed by atoms with Crippen molar-refractivity contribution in [2.24, 2.45) is 0 Å². The zero-order valence-electron chi connectivity index (χ0n) is 15.5. The Labute approximate surface area is 165 Å². The van der Waals surface area contributed by atoms with Crippen LogP contribution in [0.3, 0.4) is 0 Å². The van der Waals surface area contributed by atoms with Gasteiger partial charge in [-0.25, -0.2) is 0 Å². The predicted octanol–water partition coefficient (Wildman–Crippen LogP) is 7.00. The molecule has 0 bridgehead atoms. The van der Waals surface area contributed by atoms with Crippen LogP contribution < -0.4 is 0 Å². The van der Waals surface area contributed by atoms with Gasteiger partial charge in [0.2, 0.25) is 0 Å². The molecule has 0 aromatic heterocycles. The minimum absolute atomic E-state index is 0.752. The summed E-state index contributed by atoms with van der Waals surface area (Å²) < 4.78 is 0. The molecule has 0 radical (unpaired) electrons. The van der Waals surface area contributed by atoms with E-state index in [0.29, 0.717) is 0 Å². The van der Waals surface area contributed by atoms with Gasteiger partial charge in [0.15, 0.2) is 0 Å². The molecular formula is C27H19N. The normalized spacial score (nSPS) is 12.5. The van der Waals surface area contributed by atoms with E-state index in [-0.39, 0.29) is 0 Å². The fourth-order valence-electron chi connectivity index (χ4n) is 4.31. The fourth-order valence-corrected chi connectivity index (χ4v) is 4.31. The van der Waals surface area contributed by atoms with Crippen molar-refractivity contribution in [2.75, 3.05) is 0 Å². The molecule has 28 heavy (non-hydrogen) atoms. The van der Waals surface area contributed by atoms with Crippen LogP contribution in [0.15, 0.2) is 84.9 Å². The maximum atomic E-state index is 10.1. The van der Waals surface area contributed by atoms with Crippen molar-refractivity contribution in [2.45, 2.75) is 12.8 Å². The van der Waals surface area contributed by atoms with E-state index in [4.69, 9.17) is 0 Å². The van der Waals surface area contributed by atoms with Gasteiger partial charge in [0.25, 0.3) is 0 Å². The highest BCUT2D eigenvalue weighted by Gasteiger charge is 2.17. The van der Waals surface area contributed by atoms with Crippen molar-refractivity contribution in [3.05, 3.63) is 102 Å². The molecule has 0 heterocycles. The molecule has 1 aliphatic carbocycles. The van der Waals surface area contributed by atoms with E-state index in [9.17, 15) is 5.26 Å². The Bertz CT molecular complexity index is 1270. The fraction of sp³-hybridized carbons (Fsp3) is 0.0741. The van der Waals surface area contributed by atoms with Gasteiger partial charge in [-0.15, -0.1) is 0 Å². The number of benzene rings is 4. The number of nitriles is 1. The smallest absolute Gasteiger partial charge is 0.100 e. The summed E-state index contributed by atoms with van der Waals surface area (Å²) in [7, 11) is 0. The molecule has 1 heteroatoms. The Balaban J connectivity index is 1.78. The standard InChI is InChI=1S/C27H19N/c28-18-27-25(23-14-5-10-19-8-1-3-12-21(19)23)16-7-17-26(27)24-15-6-11-20-9-2-4-13-22(20)24/h1-3,5-12,14-17H,4,13H2. The van der Waals surface area contributed by atoms with E-state index in [1.807, 2.05) is 0 Å². The second-order valence-electron chi connectivity index (χ2n) is 7.18. The van der Waals surface area contributed by atoms with E-state index in [1.54, 1.807) is 0 Å². The Kier molecular flexibility index (Phi) is 4.04. The maximum Gasteiger partial charge on any atom is 0.100 e. The van der Waals surface area contributed by atoms with Crippen LogP contribution in [0, 0.1) is 11.3 Å². The average Bonchev–Trinajstić information content (AvgIpc) is 2.77. The summed E-state index contributed by atoms with van der Waals surface area (Å²) in [6.07, 6.45) is 6.49. The Morgan fingerprint density at radius 1 is 0.679 bits per heavy atom. The lowest BCUT2D eigenvalue weighted by Crippen LogP contribution is -1.99. The van der Waals surface area contributed by atoms with Crippen molar-refractivity contribution in [1.29, 1.82) is 5.26 Å². The molecule has 0 saturated carbocycles. The van der Waals surface area contributed by atoms with Gasteiger partial charge < -0.3 is 0 Å². The lowest BCUT2D eigenvalue weighted by Gasteiger charge is -2.18. The molecule has 0 unspecified atom stereocenters. The van der Waals surface area contributed by atoms with Gasteiger partial charge in [0, 0.05) is 11.1 Å². The quantitative estimate of drug-likeness (QED) is 0.379. The van der Waals surface area contributed by atoms with Crippen molar-refractivity contribution in [1.82, 2.24) is 0 Å². The van der Waals surface area contributed by atoms with Gasteiger partial charge in [-0.05, 0) is 45.9 Å². The Morgan fingerprint density at radius 3 is 2.25 bits per heavy atom. The van der Waals surface area contributed by atoms with Crippen LogP contribution in [0.5, 0.6) is 0 Å². The molecule has 1 nitrogen and oxygen atoms in total. The molecule has 132 valence electrons. The highest BCUT2D eigenvalue weighted by Crippen LogP contribution is 2.38. The lowest BCUT2D eigenvalue weighted by atomic mass is 9.85. The highest BCUT2D eigenvalue weighted by atomic mass is 14.3. The third-order valence-electron chi connectivity index (χ3n) is 5.62. The third kappa shape index (κ3) is 2.63. The molecule has 1 aliphatic rings. The number of nitrogens with zero attached hydrogens (tertiary/aromatic N) is 1. The summed E-state index contributed by atoms with van der Waals surface area (Å²) in [6, 6.07) is 29.8. The molecule has 0 atom stereocenters. The summed E-state index contributed by atoms with van der Waals surface area (Å²) in [5, 5.41) is 12.5. The van der Waals surface area contributed by atoms with E-state index < -0.39 is 0 Å². The van der Waals surface area contributed by atoms with Crippen LogP contribution in [0.4, 0.5) is 0 Å². The monoisotopic (exact) mass is 357 g/mol. The first-order valence-electron chi connectivity index (χ1n) is 9.67.